The van der Waals surface area contributed by atoms with Gasteiger partial charge in [0.1, 0.15) is 17.3 Å². The lowest BCUT2D eigenvalue weighted by Gasteiger charge is -2.25. The van der Waals surface area contributed by atoms with Gasteiger partial charge in [0.05, 0.1) is 18.2 Å². The second-order valence-electron chi connectivity index (χ2n) is 8.58. The molecule has 8 nitrogen and oxygen atoms in total. The number of hydrogen-bond donors (Lipinski definition) is 1. The lowest BCUT2D eigenvalue weighted by molar-refractivity contribution is -0.140. The molecule has 0 saturated carbocycles. The summed E-state index contributed by atoms with van der Waals surface area (Å²) in [4.78, 5) is 39.0. The number of amides is 1. The van der Waals surface area contributed by atoms with E-state index in [4.69, 9.17) is 14.2 Å². The summed E-state index contributed by atoms with van der Waals surface area (Å²) in [5, 5.41) is 11.2. The number of methoxy groups -OCH3 is 1. The van der Waals surface area contributed by atoms with Crippen molar-refractivity contribution in [2.45, 2.75) is 45.6 Å². The minimum Gasteiger partial charge on any atom is -0.507 e. The molecule has 1 N–H and O–H groups in total. The van der Waals surface area contributed by atoms with Crippen LogP contribution in [0, 0.1) is 0 Å². The lowest BCUT2D eigenvalue weighted by atomic mass is 9.95. The fourth-order valence-corrected chi connectivity index (χ4v) is 4.16. The number of carbonyl (C=O) groups is 3. The second kappa shape index (κ2) is 12.9. The third-order valence-electron chi connectivity index (χ3n) is 5.87. The SMILES string of the molecule is CCCCCOc1ccc(/C(O)=C2/C(=O)C(=O)N(CCCOC)C2c2cccc(OC(C)=O)c2)cc1. The van der Waals surface area contributed by atoms with Crippen molar-refractivity contribution in [2.75, 3.05) is 26.9 Å². The van der Waals surface area contributed by atoms with Crippen molar-refractivity contribution in [1.29, 1.82) is 0 Å². The number of esters is 1. The van der Waals surface area contributed by atoms with Crippen LogP contribution in [0.4, 0.5) is 0 Å². The van der Waals surface area contributed by atoms with E-state index in [1.165, 1.54) is 11.8 Å². The van der Waals surface area contributed by atoms with Crippen molar-refractivity contribution in [3.63, 3.8) is 0 Å². The number of aliphatic hydroxyl groups excluding tert-OH is 1. The van der Waals surface area contributed by atoms with E-state index in [9.17, 15) is 19.5 Å². The molecule has 3 rings (SSSR count). The number of likely N-dealkylation sites (tertiary alicyclic amines) is 1. The number of nitrogens with zero attached hydrogens (tertiary/aromatic N) is 1. The molecule has 1 saturated heterocycles. The van der Waals surface area contributed by atoms with E-state index < -0.39 is 23.7 Å². The monoisotopic (exact) mass is 495 g/mol. The predicted molar refractivity (Wildman–Crippen MR) is 135 cm³/mol. The number of ether oxygens (including phenoxy) is 3. The zero-order chi connectivity index (χ0) is 26.1. The fourth-order valence-electron chi connectivity index (χ4n) is 4.16. The minimum absolute atomic E-state index is 0.0194. The van der Waals surface area contributed by atoms with Crippen molar-refractivity contribution in [1.82, 2.24) is 4.90 Å². The van der Waals surface area contributed by atoms with Crippen LogP contribution in [0.5, 0.6) is 11.5 Å². The molecule has 1 amide bonds. The smallest absolute Gasteiger partial charge is 0.308 e. The normalized spacial score (nSPS) is 16.9. The van der Waals surface area contributed by atoms with Gasteiger partial charge in [-0.2, -0.15) is 0 Å². The van der Waals surface area contributed by atoms with Crippen LogP contribution < -0.4 is 9.47 Å². The van der Waals surface area contributed by atoms with E-state index in [-0.39, 0.29) is 23.6 Å². The molecule has 2 aromatic rings. The zero-order valence-electron chi connectivity index (χ0n) is 21.0. The Labute approximate surface area is 211 Å². The lowest BCUT2D eigenvalue weighted by Crippen LogP contribution is -2.31. The number of carbonyl (C=O) groups excluding carboxylic acids is 3. The first kappa shape index (κ1) is 26.9. The van der Waals surface area contributed by atoms with E-state index in [1.807, 2.05) is 0 Å². The fraction of sp³-hybridized carbons (Fsp3) is 0.393. The van der Waals surface area contributed by atoms with Gasteiger partial charge in [-0.1, -0.05) is 31.9 Å². The Morgan fingerprint density at radius 2 is 1.75 bits per heavy atom. The van der Waals surface area contributed by atoms with Crippen molar-refractivity contribution in [3.05, 3.63) is 65.2 Å². The van der Waals surface area contributed by atoms with Crippen LogP contribution in [0.15, 0.2) is 54.1 Å². The molecule has 1 aliphatic heterocycles. The third kappa shape index (κ3) is 6.51. The number of rotatable bonds is 12. The number of benzene rings is 2. The molecule has 0 spiro atoms. The van der Waals surface area contributed by atoms with Gasteiger partial charge in [-0.25, -0.2) is 0 Å². The maximum atomic E-state index is 13.1. The van der Waals surface area contributed by atoms with Crippen LogP contribution >= 0.6 is 0 Å². The number of aliphatic hydroxyl groups is 1. The molecule has 36 heavy (non-hydrogen) atoms. The number of ketones is 1. The van der Waals surface area contributed by atoms with Gasteiger partial charge in [0.2, 0.25) is 0 Å². The zero-order valence-corrected chi connectivity index (χ0v) is 21.0. The van der Waals surface area contributed by atoms with E-state index in [2.05, 4.69) is 6.92 Å². The first-order valence-corrected chi connectivity index (χ1v) is 12.2. The maximum absolute atomic E-state index is 13.1. The number of hydrogen-bond acceptors (Lipinski definition) is 7. The molecular weight excluding hydrogens is 462 g/mol. The van der Waals surface area contributed by atoms with Gasteiger partial charge in [0.15, 0.2) is 0 Å². The predicted octanol–water partition coefficient (Wildman–Crippen LogP) is 4.64. The molecule has 0 radical (unpaired) electrons. The summed E-state index contributed by atoms with van der Waals surface area (Å²) in [5.74, 6) is -1.29. The summed E-state index contributed by atoms with van der Waals surface area (Å²) in [6.07, 6.45) is 3.65. The Morgan fingerprint density at radius 1 is 1.00 bits per heavy atom. The van der Waals surface area contributed by atoms with E-state index >= 15 is 0 Å². The Kier molecular flexibility index (Phi) is 9.64. The van der Waals surface area contributed by atoms with Gasteiger partial charge in [-0.05, 0) is 54.8 Å². The molecule has 1 fully saturated rings. The Morgan fingerprint density at radius 3 is 2.42 bits per heavy atom. The van der Waals surface area contributed by atoms with Crippen LogP contribution in [0.3, 0.4) is 0 Å². The minimum atomic E-state index is -0.845. The van der Waals surface area contributed by atoms with Crippen molar-refractivity contribution in [2.24, 2.45) is 0 Å². The largest absolute Gasteiger partial charge is 0.507 e. The maximum Gasteiger partial charge on any atom is 0.308 e. The Hall–Kier alpha value is -3.65. The highest BCUT2D eigenvalue weighted by molar-refractivity contribution is 6.46. The van der Waals surface area contributed by atoms with Crippen LogP contribution in [0.1, 0.15) is 56.7 Å². The van der Waals surface area contributed by atoms with Gasteiger partial charge in [0, 0.05) is 32.7 Å². The van der Waals surface area contributed by atoms with Gasteiger partial charge < -0.3 is 24.2 Å². The van der Waals surface area contributed by atoms with Crippen molar-refractivity contribution in [3.8, 4) is 11.5 Å². The molecule has 8 heteroatoms. The van der Waals surface area contributed by atoms with Crippen LogP contribution in [0.2, 0.25) is 0 Å². The summed E-state index contributed by atoms with van der Waals surface area (Å²) in [6, 6.07) is 12.6. The molecule has 2 aromatic carbocycles. The molecule has 1 heterocycles. The standard InChI is InChI=1S/C28H33NO7/c1-4-5-6-17-35-22-13-11-20(12-14-22)26(31)24-25(21-9-7-10-23(18-21)36-19(2)30)29(15-8-16-34-3)28(33)27(24)32/h7,9-14,18,25,31H,4-6,8,15-17H2,1-3H3/b26-24-. The number of Topliss-reactive ketones (excluding diaryl/α,β-unsaturated/α-hetero) is 1. The van der Waals surface area contributed by atoms with Crippen molar-refractivity contribution < 1.29 is 33.7 Å². The van der Waals surface area contributed by atoms with Gasteiger partial charge in [-0.3, -0.25) is 14.4 Å². The highest BCUT2D eigenvalue weighted by Crippen LogP contribution is 2.40. The van der Waals surface area contributed by atoms with Crippen LogP contribution in [-0.4, -0.2) is 54.5 Å². The molecule has 0 aromatic heterocycles. The molecule has 1 aliphatic rings. The van der Waals surface area contributed by atoms with Crippen molar-refractivity contribution >= 4 is 23.4 Å². The summed E-state index contributed by atoms with van der Waals surface area (Å²) < 4.78 is 16.0. The average Bonchev–Trinajstić information content (AvgIpc) is 3.11. The average molecular weight is 496 g/mol. The molecule has 0 aliphatic carbocycles. The van der Waals surface area contributed by atoms with Gasteiger partial charge >= 0.3 is 5.97 Å². The van der Waals surface area contributed by atoms with Gasteiger partial charge in [0.25, 0.3) is 11.7 Å². The third-order valence-corrected chi connectivity index (χ3v) is 5.87. The van der Waals surface area contributed by atoms with Gasteiger partial charge in [-0.15, -0.1) is 0 Å². The highest BCUT2D eigenvalue weighted by Gasteiger charge is 2.45. The summed E-state index contributed by atoms with van der Waals surface area (Å²) in [6.45, 7) is 4.68. The molecule has 192 valence electrons. The quantitative estimate of drug-likeness (QED) is 0.114. The van der Waals surface area contributed by atoms with E-state index in [0.717, 1.165) is 19.3 Å². The van der Waals surface area contributed by atoms with Crippen LogP contribution in [-0.2, 0) is 19.1 Å². The molecular formula is C28H33NO7. The summed E-state index contributed by atoms with van der Waals surface area (Å²) >= 11 is 0. The molecule has 1 unspecified atom stereocenters. The second-order valence-corrected chi connectivity index (χ2v) is 8.58. The summed E-state index contributed by atoms with van der Waals surface area (Å²) in [5.41, 5.74) is 0.920. The Bertz CT molecular complexity index is 1110. The first-order valence-electron chi connectivity index (χ1n) is 12.2. The Balaban J connectivity index is 1.98. The first-order chi connectivity index (χ1) is 17.4. The van der Waals surface area contributed by atoms with Crippen LogP contribution in [0.25, 0.3) is 5.76 Å². The number of unbranched alkanes of at least 4 members (excludes halogenated alkanes) is 2. The molecule has 0 bridgehead atoms. The highest BCUT2D eigenvalue weighted by atomic mass is 16.5. The van der Waals surface area contributed by atoms with E-state index in [1.54, 1.807) is 55.6 Å². The van der Waals surface area contributed by atoms with E-state index in [0.29, 0.717) is 36.5 Å². The topological polar surface area (TPSA) is 102 Å². The summed E-state index contributed by atoms with van der Waals surface area (Å²) in [7, 11) is 1.56. The molecule has 1 atom stereocenters.